The first-order valence-corrected chi connectivity index (χ1v) is 8.13. The van der Waals surface area contributed by atoms with Gasteiger partial charge in [-0.3, -0.25) is 9.48 Å². The number of aryl methyl sites for hydroxylation is 2. The molecule has 3 heterocycles. The van der Waals surface area contributed by atoms with Gasteiger partial charge >= 0.3 is 0 Å². The summed E-state index contributed by atoms with van der Waals surface area (Å²) in [7, 11) is 0. The van der Waals surface area contributed by atoms with Crippen molar-refractivity contribution in [2.24, 2.45) is 0 Å². The number of carbonyl (C=O) groups is 1. The van der Waals surface area contributed by atoms with Gasteiger partial charge in [0, 0.05) is 25.4 Å². The fourth-order valence-corrected chi connectivity index (χ4v) is 3.14. The molecule has 1 aromatic heterocycles. The summed E-state index contributed by atoms with van der Waals surface area (Å²) >= 11 is 0. The van der Waals surface area contributed by atoms with E-state index in [4.69, 9.17) is 9.47 Å². The van der Waals surface area contributed by atoms with Gasteiger partial charge in [0.2, 0.25) is 5.91 Å². The Morgan fingerprint density at radius 2 is 2.23 bits per heavy atom. The van der Waals surface area contributed by atoms with Gasteiger partial charge in [-0.15, -0.1) is 0 Å². The normalized spacial score (nSPS) is 22.6. The van der Waals surface area contributed by atoms with E-state index in [-0.39, 0.29) is 18.6 Å². The van der Waals surface area contributed by atoms with Gasteiger partial charge in [0.1, 0.15) is 6.61 Å². The van der Waals surface area contributed by atoms with Crippen LogP contribution in [-0.2, 0) is 14.3 Å². The van der Waals surface area contributed by atoms with Crippen molar-refractivity contribution < 1.29 is 14.3 Å². The minimum atomic E-state index is 0.0635. The molecule has 1 aromatic rings. The van der Waals surface area contributed by atoms with Crippen LogP contribution in [0.4, 0.5) is 0 Å². The minimum Gasteiger partial charge on any atom is -0.376 e. The molecule has 2 fully saturated rings. The van der Waals surface area contributed by atoms with E-state index in [1.54, 1.807) is 0 Å². The van der Waals surface area contributed by atoms with Gasteiger partial charge in [0.05, 0.1) is 24.4 Å². The summed E-state index contributed by atoms with van der Waals surface area (Å²) in [6.07, 6.45) is 3.54. The van der Waals surface area contributed by atoms with Crippen LogP contribution in [0.2, 0.25) is 0 Å². The summed E-state index contributed by atoms with van der Waals surface area (Å²) in [6.45, 7) is 7.00. The van der Waals surface area contributed by atoms with Crippen molar-refractivity contribution in [2.75, 3.05) is 32.9 Å². The number of carbonyl (C=O) groups excluding carboxylic acids is 1. The number of rotatable bonds is 5. The summed E-state index contributed by atoms with van der Waals surface area (Å²) in [4.78, 5) is 13.9. The first kappa shape index (κ1) is 15.5. The van der Waals surface area contributed by atoms with Crippen molar-refractivity contribution in [1.82, 2.24) is 14.7 Å². The van der Waals surface area contributed by atoms with E-state index in [2.05, 4.69) is 18.1 Å². The highest BCUT2D eigenvalue weighted by molar-refractivity contribution is 5.78. The van der Waals surface area contributed by atoms with Crippen LogP contribution in [0.15, 0.2) is 6.07 Å². The summed E-state index contributed by atoms with van der Waals surface area (Å²) in [5.74, 6) is 0.0635. The van der Waals surface area contributed by atoms with Crippen molar-refractivity contribution in [3.63, 3.8) is 0 Å². The van der Waals surface area contributed by atoms with E-state index in [1.807, 2.05) is 16.5 Å². The van der Waals surface area contributed by atoms with Crippen LogP contribution in [0.3, 0.4) is 0 Å². The maximum atomic E-state index is 12.1. The van der Waals surface area contributed by atoms with E-state index in [1.165, 1.54) is 6.42 Å². The molecule has 0 N–H and O–H groups in total. The lowest BCUT2D eigenvalue weighted by molar-refractivity contribution is -0.144. The SMILES string of the molecule is Cc1cc(C)n(C2CN(C(=O)COC[C@@H]3CCCCO3)C2)n1. The molecule has 0 aliphatic carbocycles. The van der Waals surface area contributed by atoms with Crippen molar-refractivity contribution in [1.29, 1.82) is 0 Å². The Kier molecular flexibility index (Phi) is 4.78. The Morgan fingerprint density at radius 3 is 2.86 bits per heavy atom. The third-order valence-electron chi connectivity index (χ3n) is 4.41. The second-order valence-electron chi connectivity index (χ2n) is 6.33. The summed E-state index contributed by atoms with van der Waals surface area (Å²) in [6, 6.07) is 2.37. The van der Waals surface area contributed by atoms with Gasteiger partial charge in [-0.25, -0.2) is 0 Å². The Bertz CT molecular complexity index is 517. The molecule has 2 saturated heterocycles. The number of amides is 1. The molecule has 0 spiro atoms. The lowest BCUT2D eigenvalue weighted by atomic mass is 10.1. The molecule has 6 nitrogen and oxygen atoms in total. The van der Waals surface area contributed by atoms with Crippen LogP contribution in [0.1, 0.15) is 36.7 Å². The number of hydrogen-bond acceptors (Lipinski definition) is 4. The smallest absolute Gasteiger partial charge is 0.248 e. The quantitative estimate of drug-likeness (QED) is 0.826. The summed E-state index contributed by atoms with van der Waals surface area (Å²) in [5.41, 5.74) is 2.18. The zero-order valence-corrected chi connectivity index (χ0v) is 13.5. The molecule has 0 unspecified atom stereocenters. The van der Waals surface area contributed by atoms with E-state index in [0.29, 0.717) is 12.6 Å². The molecule has 0 aromatic carbocycles. The molecule has 0 radical (unpaired) electrons. The van der Waals surface area contributed by atoms with Gasteiger partial charge in [-0.2, -0.15) is 5.10 Å². The monoisotopic (exact) mass is 307 g/mol. The Morgan fingerprint density at radius 1 is 1.41 bits per heavy atom. The highest BCUT2D eigenvalue weighted by Gasteiger charge is 2.33. The van der Waals surface area contributed by atoms with Crippen LogP contribution in [0, 0.1) is 13.8 Å². The Hall–Kier alpha value is -1.40. The molecule has 0 bridgehead atoms. The van der Waals surface area contributed by atoms with Crippen molar-refractivity contribution >= 4 is 5.91 Å². The number of nitrogens with zero attached hydrogens (tertiary/aromatic N) is 3. The maximum absolute atomic E-state index is 12.1. The third-order valence-corrected chi connectivity index (χ3v) is 4.41. The van der Waals surface area contributed by atoms with Gasteiger partial charge < -0.3 is 14.4 Å². The van der Waals surface area contributed by atoms with Crippen LogP contribution in [0.5, 0.6) is 0 Å². The highest BCUT2D eigenvalue weighted by Crippen LogP contribution is 2.22. The lowest BCUT2D eigenvalue weighted by Gasteiger charge is -2.39. The van der Waals surface area contributed by atoms with Gasteiger partial charge in [0.15, 0.2) is 0 Å². The molecule has 22 heavy (non-hydrogen) atoms. The fourth-order valence-electron chi connectivity index (χ4n) is 3.14. The standard InChI is InChI=1S/C16H25N3O3/c1-12-7-13(2)19(17-12)14-8-18(9-14)16(20)11-21-10-15-5-3-4-6-22-15/h7,14-15H,3-6,8-11H2,1-2H3/t15-/m0/s1. The highest BCUT2D eigenvalue weighted by atomic mass is 16.5. The number of ether oxygens (including phenoxy) is 2. The predicted octanol–water partition coefficient (Wildman–Crippen LogP) is 1.47. The van der Waals surface area contributed by atoms with Crippen molar-refractivity contribution in [2.45, 2.75) is 45.3 Å². The van der Waals surface area contributed by atoms with E-state index in [9.17, 15) is 4.79 Å². The molecule has 3 rings (SSSR count). The lowest BCUT2D eigenvalue weighted by Crippen LogP contribution is -2.52. The zero-order valence-electron chi connectivity index (χ0n) is 13.5. The zero-order chi connectivity index (χ0) is 15.5. The average Bonchev–Trinajstić information content (AvgIpc) is 2.77. The van der Waals surface area contributed by atoms with E-state index >= 15 is 0 Å². The average molecular weight is 307 g/mol. The van der Waals surface area contributed by atoms with E-state index in [0.717, 1.165) is 43.9 Å². The third kappa shape index (κ3) is 3.50. The number of aromatic nitrogens is 2. The summed E-state index contributed by atoms with van der Waals surface area (Å²) < 4.78 is 13.1. The Labute approximate surface area is 131 Å². The van der Waals surface area contributed by atoms with Crippen LogP contribution < -0.4 is 0 Å². The van der Waals surface area contributed by atoms with Crippen molar-refractivity contribution in [3.8, 4) is 0 Å². The predicted molar refractivity (Wildman–Crippen MR) is 81.7 cm³/mol. The molecule has 1 atom stereocenters. The molecule has 0 saturated carbocycles. The molecular weight excluding hydrogens is 282 g/mol. The summed E-state index contributed by atoms with van der Waals surface area (Å²) in [5, 5.41) is 4.48. The molecular formula is C16H25N3O3. The number of likely N-dealkylation sites (tertiary alicyclic amines) is 1. The van der Waals surface area contributed by atoms with E-state index < -0.39 is 0 Å². The first-order chi connectivity index (χ1) is 10.6. The Balaban J connectivity index is 1.37. The van der Waals surface area contributed by atoms with Gasteiger partial charge in [-0.05, 0) is 39.2 Å². The van der Waals surface area contributed by atoms with Crippen LogP contribution in [0.25, 0.3) is 0 Å². The van der Waals surface area contributed by atoms with Crippen LogP contribution in [-0.4, -0.2) is 59.6 Å². The first-order valence-electron chi connectivity index (χ1n) is 8.13. The minimum absolute atomic E-state index is 0.0635. The molecule has 2 aliphatic rings. The topological polar surface area (TPSA) is 56.6 Å². The van der Waals surface area contributed by atoms with Gasteiger partial charge in [-0.1, -0.05) is 0 Å². The van der Waals surface area contributed by atoms with Crippen LogP contribution >= 0.6 is 0 Å². The largest absolute Gasteiger partial charge is 0.376 e. The van der Waals surface area contributed by atoms with Crippen molar-refractivity contribution in [3.05, 3.63) is 17.5 Å². The maximum Gasteiger partial charge on any atom is 0.248 e. The number of hydrogen-bond donors (Lipinski definition) is 0. The molecule has 2 aliphatic heterocycles. The second-order valence-corrected chi connectivity index (χ2v) is 6.33. The molecule has 6 heteroatoms. The fraction of sp³-hybridized carbons (Fsp3) is 0.750. The molecule has 1 amide bonds. The molecule has 122 valence electrons. The second kappa shape index (κ2) is 6.79. The van der Waals surface area contributed by atoms with Gasteiger partial charge in [0.25, 0.3) is 0 Å².